The molecule has 0 saturated heterocycles. The fourth-order valence-electron chi connectivity index (χ4n) is 1.14. The maximum absolute atomic E-state index is 11.4. The Kier molecular flexibility index (Phi) is 5.34. The number of amides is 1. The molecule has 1 rings (SSSR count). The van der Waals surface area contributed by atoms with Crippen LogP contribution in [-0.4, -0.2) is 34.9 Å². The minimum atomic E-state index is -1.30. The van der Waals surface area contributed by atoms with Crippen molar-refractivity contribution >= 4 is 23.6 Å². The van der Waals surface area contributed by atoms with Gasteiger partial charge in [-0.25, -0.2) is 0 Å². The highest BCUT2D eigenvalue weighted by Crippen LogP contribution is 2.10. The summed E-state index contributed by atoms with van der Waals surface area (Å²) in [6.07, 6.45) is 3.00. The van der Waals surface area contributed by atoms with Crippen LogP contribution in [0.15, 0.2) is 30.3 Å². The highest BCUT2D eigenvalue weighted by atomic mass is 35.5. The first kappa shape index (κ1) is 14.7. The maximum Gasteiger partial charge on any atom is 0.244 e. The normalized spacial score (nSPS) is 14.4. The Hall–Kier alpha value is -1.36. The molecule has 0 fully saturated rings. The van der Waals surface area contributed by atoms with E-state index in [-0.39, 0.29) is 12.5 Å². The van der Waals surface area contributed by atoms with Gasteiger partial charge in [-0.1, -0.05) is 23.7 Å². The number of halogens is 1. The summed E-state index contributed by atoms with van der Waals surface area (Å²) in [5, 5.41) is 21.4. The second-order valence-corrected chi connectivity index (χ2v) is 4.69. The Bertz CT molecular complexity index is 426. The van der Waals surface area contributed by atoms with Gasteiger partial charge in [0.1, 0.15) is 5.60 Å². The molecule has 0 aromatic heterocycles. The van der Waals surface area contributed by atoms with Crippen LogP contribution in [-0.2, 0) is 4.79 Å². The Balaban J connectivity index is 2.47. The Morgan fingerprint density at radius 1 is 1.44 bits per heavy atom. The lowest BCUT2D eigenvalue weighted by molar-refractivity contribution is -0.117. The van der Waals surface area contributed by atoms with Crippen molar-refractivity contribution in [3.63, 3.8) is 0 Å². The highest BCUT2D eigenvalue weighted by Gasteiger charge is 2.18. The topological polar surface area (TPSA) is 69.6 Å². The van der Waals surface area contributed by atoms with Gasteiger partial charge in [-0.15, -0.1) is 0 Å². The van der Waals surface area contributed by atoms with Crippen LogP contribution in [0.25, 0.3) is 6.08 Å². The van der Waals surface area contributed by atoms with Crippen molar-refractivity contribution in [2.45, 2.75) is 12.5 Å². The number of aliphatic hydroxyl groups is 2. The van der Waals surface area contributed by atoms with Gasteiger partial charge in [0, 0.05) is 17.6 Å². The summed E-state index contributed by atoms with van der Waals surface area (Å²) < 4.78 is 0. The summed E-state index contributed by atoms with van der Waals surface area (Å²) in [4.78, 5) is 11.4. The van der Waals surface area contributed by atoms with Crippen molar-refractivity contribution in [2.75, 3.05) is 13.2 Å². The SMILES string of the molecule is CC(O)(CO)CNC(=O)C=Cc1ccc(Cl)cc1. The van der Waals surface area contributed by atoms with Crippen LogP contribution < -0.4 is 5.32 Å². The number of carbonyl (C=O) groups is 1. The van der Waals surface area contributed by atoms with E-state index in [1.54, 1.807) is 30.3 Å². The van der Waals surface area contributed by atoms with Crippen LogP contribution >= 0.6 is 11.6 Å². The van der Waals surface area contributed by atoms with Crippen LogP contribution in [0.2, 0.25) is 5.02 Å². The van der Waals surface area contributed by atoms with Crippen LogP contribution in [0.3, 0.4) is 0 Å². The molecule has 1 aromatic carbocycles. The zero-order valence-electron chi connectivity index (χ0n) is 10.1. The van der Waals surface area contributed by atoms with Gasteiger partial charge in [-0.05, 0) is 30.7 Å². The number of rotatable bonds is 5. The van der Waals surface area contributed by atoms with Crippen LogP contribution in [0, 0.1) is 0 Å². The molecular formula is C13H16ClNO3. The standard InChI is InChI=1S/C13H16ClNO3/c1-13(18,9-16)8-15-12(17)7-4-10-2-5-11(14)6-3-10/h2-7,16,18H,8-9H2,1H3,(H,15,17). The average molecular weight is 270 g/mol. The summed E-state index contributed by atoms with van der Waals surface area (Å²) >= 11 is 5.74. The molecule has 98 valence electrons. The van der Waals surface area contributed by atoms with E-state index in [0.717, 1.165) is 5.56 Å². The third kappa shape index (κ3) is 5.31. The van der Waals surface area contributed by atoms with E-state index in [9.17, 15) is 9.90 Å². The van der Waals surface area contributed by atoms with Gasteiger partial charge < -0.3 is 15.5 Å². The molecule has 1 amide bonds. The molecule has 1 aromatic rings. The number of carbonyl (C=O) groups excluding carboxylic acids is 1. The Labute approximate surface area is 111 Å². The van der Waals surface area contributed by atoms with Crippen LogP contribution in [0.4, 0.5) is 0 Å². The zero-order valence-corrected chi connectivity index (χ0v) is 10.8. The molecule has 0 radical (unpaired) electrons. The summed E-state index contributed by atoms with van der Waals surface area (Å²) in [6, 6.07) is 7.04. The minimum absolute atomic E-state index is 0.00666. The van der Waals surface area contributed by atoms with Gasteiger partial charge in [0.2, 0.25) is 5.91 Å². The van der Waals surface area contributed by atoms with E-state index in [2.05, 4.69) is 5.32 Å². The molecule has 1 atom stereocenters. The summed E-state index contributed by atoms with van der Waals surface area (Å²) in [7, 11) is 0. The van der Waals surface area contributed by atoms with E-state index in [0.29, 0.717) is 5.02 Å². The van der Waals surface area contributed by atoms with Crippen LogP contribution in [0.5, 0.6) is 0 Å². The summed E-state index contributed by atoms with van der Waals surface area (Å²) in [5.41, 5.74) is -0.451. The van der Waals surface area contributed by atoms with E-state index in [1.807, 2.05) is 0 Å². The molecule has 3 N–H and O–H groups in total. The van der Waals surface area contributed by atoms with Gasteiger partial charge in [-0.2, -0.15) is 0 Å². The molecule has 0 spiro atoms. The van der Waals surface area contributed by atoms with Gasteiger partial charge in [0.15, 0.2) is 0 Å². The van der Waals surface area contributed by atoms with Crippen molar-refractivity contribution in [2.24, 2.45) is 0 Å². The molecule has 0 aliphatic heterocycles. The second-order valence-electron chi connectivity index (χ2n) is 4.26. The number of aliphatic hydroxyl groups excluding tert-OH is 1. The number of hydrogen-bond donors (Lipinski definition) is 3. The molecule has 5 heteroatoms. The summed E-state index contributed by atoms with van der Waals surface area (Å²) in [6.45, 7) is 1.03. The molecule has 0 aliphatic carbocycles. The first-order valence-electron chi connectivity index (χ1n) is 5.48. The lowest BCUT2D eigenvalue weighted by atomic mass is 10.1. The van der Waals surface area contributed by atoms with E-state index in [1.165, 1.54) is 13.0 Å². The van der Waals surface area contributed by atoms with E-state index < -0.39 is 12.2 Å². The molecule has 0 bridgehead atoms. The monoisotopic (exact) mass is 269 g/mol. The van der Waals surface area contributed by atoms with Crippen molar-refractivity contribution in [3.8, 4) is 0 Å². The van der Waals surface area contributed by atoms with Crippen molar-refractivity contribution in [3.05, 3.63) is 40.9 Å². The van der Waals surface area contributed by atoms with E-state index >= 15 is 0 Å². The molecule has 4 nitrogen and oxygen atoms in total. The third-order valence-corrected chi connectivity index (χ3v) is 2.53. The number of nitrogens with one attached hydrogen (secondary N) is 1. The quantitative estimate of drug-likeness (QED) is 0.704. The summed E-state index contributed by atoms with van der Waals surface area (Å²) in [5.74, 6) is -0.335. The van der Waals surface area contributed by atoms with Crippen LogP contribution in [0.1, 0.15) is 12.5 Å². The predicted molar refractivity (Wildman–Crippen MR) is 71.2 cm³/mol. The molecular weight excluding hydrogens is 254 g/mol. The third-order valence-electron chi connectivity index (χ3n) is 2.28. The lowest BCUT2D eigenvalue weighted by Crippen LogP contribution is -2.42. The zero-order chi connectivity index (χ0) is 13.6. The van der Waals surface area contributed by atoms with Crippen molar-refractivity contribution in [1.29, 1.82) is 0 Å². The van der Waals surface area contributed by atoms with Gasteiger partial charge in [0.25, 0.3) is 0 Å². The second kappa shape index (κ2) is 6.54. The predicted octanol–water partition coefficient (Wildman–Crippen LogP) is 1.21. The lowest BCUT2D eigenvalue weighted by Gasteiger charge is -2.19. The fraction of sp³-hybridized carbons (Fsp3) is 0.308. The largest absolute Gasteiger partial charge is 0.393 e. The maximum atomic E-state index is 11.4. The highest BCUT2D eigenvalue weighted by molar-refractivity contribution is 6.30. The smallest absolute Gasteiger partial charge is 0.244 e. The van der Waals surface area contributed by atoms with E-state index in [4.69, 9.17) is 16.7 Å². The van der Waals surface area contributed by atoms with Gasteiger partial charge in [-0.3, -0.25) is 4.79 Å². The van der Waals surface area contributed by atoms with Gasteiger partial charge in [0.05, 0.1) is 6.61 Å². The first-order valence-corrected chi connectivity index (χ1v) is 5.85. The Morgan fingerprint density at radius 2 is 2.06 bits per heavy atom. The average Bonchev–Trinajstić information content (AvgIpc) is 2.36. The number of benzene rings is 1. The molecule has 18 heavy (non-hydrogen) atoms. The number of hydrogen-bond acceptors (Lipinski definition) is 3. The minimum Gasteiger partial charge on any atom is -0.393 e. The fourth-order valence-corrected chi connectivity index (χ4v) is 1.26. The molecule has 0 saturated carbocycles. The molecule has 0 heterocycles. The van der Waals surface area contributed by atoms with Gasteiger partial charge >= 0.3 is 0 Å². The van der Waals surface area contributed by atoms with Crippen molar-refractivity contribution < 1.29 is 15.0 Å². The van der Waals surface area contributed by atoms with Crippen molar-refractivity contribution in [1.82, 2.24) is 5.32 Å². The molecule has 1 unspecified atom stereocenters. The Morgan fingerprint density at radius 3 is 2.61 bits per heavy atom. The first-order chi connectivity index (χ1) is 8.43. The molecule has 0 aliphatic rings.